The van der Waals surface area contributed by atoms with Crippen LogP contribution in [0.1, 0.15) is 6.42 Å². The van der Waals surface area contributed by atoms with Crippen molar-refractivity contribution >= 4 is 6.41 Å². The van der Waals surface area contributed by atoms with E-state index >= 15 is 0 Å². The predicted octanol–water partition coefficient (Wildman–Crippen LogP) is -1.04. The van der Waals surface area contributed by atoms with Gasteiger partial charge in [-0.3, -0.25) is 9.69 Å². The average Bonchev–Trinajstić information content (AvgIpc) is 2.61. The number of hydrogen-bond acceptors (Lipinski definition) is 3. The molecule has 1 unspecified atom stereocenters. The molecule has 4 heteroatoms. The summed E-state index contributed by atoms with van der Waals surface area (Å²) in [5.41, 5.74) is 0. The summed E-state index contributed by atoms with van der Waals surface area (Å²) in [4.78, 5) is 12.8. The lowest BCUT2D eigenvalue weighted by atomic mass is 10.1. The van der Waals surface area contributed by atoms with E-state index in [-0.39, 0.29) is 12.1 Å². The third-order valence-electron chi connectivity index (χ3n) is 3.30. The quantitative estimate of drug-likeness (QED) is 0.535. The monoisotopic (exact) mass is 168 g/mol. The number of amides is 1. The predicted molar refractivity (Wildman–Crippen MR) is 41.6 cm³/mol. The van der Waals surface area contributed by atoms with Gasteiger partial charge in [0.25, 0.3) is 0 Å². The number of ether oxygens (including phenoxy) is 1. The molecule has 0 radical (unpaired) electrons. The van der Waals surface area contributed by atoms with Gasteiger partial charge in [-0.15, -0.1) is 0 Å². The second-order valence-corrected chi connectivity index (χ2v) is 3.80. The molecule has 66 valence electrons. The summed E-state index contributed by atoms with van der Waals surface area (Å²) in [5, 5.41) is 2.86. The van der Waals surface area contributed by atoms with Gasteiger partial charge in [0.1, 0.15) is 0 Å². The molecule has 0 aromatic rings. The topological polar surface area (TPSA) is 41.6 Å². The third kappa shape index (κ3) is 0.671. The van der Waals surface area contributed by atoms with Gasteiger partial charge < -0.3 is 10.1 Å². The van der Waals surface area contributed by atoms with Crippen LogP contribution in [0.4, 0.5) is 0 Å². The number of nitrogens with one attached hydrogen (secondary N) is 1. The molecule has 3 aliphatic rings. The Hall–Kier alpha value is -0.610. The Kier molecular flexibility index (Phi) is 1.26. The molecule has 3 heterocycles. The van der Waals surface area contributed by atoms with E-state index < -0.39 is 0 Å². The number of carbonyl (C=O) groups excluding carboxylic acids is 1. The van der Waals surface area contributed by atoms with E-state index in [0.29, 0.717) is 12.1 Å². The highest BCUT2D eigenvalue weighted by Crippen LogP contribution is 2.39. The van der Waals surface area contributed by atoms with Crippen LogP contribution in [0.3, 0.4) is 0 Å². The normalized spacial score (nSPS) is 50.0. The second kappa shape index (κ2) is 2.20. The van der Waals surface area contributed by atoms with Crippen molar-refractivity contribution in [3.8, 4) is 0 Å². The van der Waals surface area contributed by atoms with Crippen molar-refractivity contribution in [1.29, 1.82) is 0 Å². The van der Waals surface area contributed by atoms with Gasteiger partial charge in [0.05, 0.1) is 24.3 Å². The van der Waals surface area contributed by atoms with Crippen LogP contribution >= 0.6 is 0 Å². The fraction of sp³-hybridized carbons (Fsp3) is 0.875. The molecule has 2 bridgehead atoms. The summed E-state index contributed by atoms with van der Waals surface area (Å²) < 4.78 is 5.75. The van der Waals surface area contributed by atoms with Gasteiger partial charge in [-0.05, 0) is 6.42 Å². The number of hydrogen-bond donors (Lipinski definition) is 1. The van der Waals surface area contributed by atoms with Crippen molar-refractivity contribution in [3.05, 3.63) is 0 Å². The third-order valence-corrected chi connectivity index (χ3v) is 3.30. The first-order chi connectivity index (χ1) is 5.90. The van der Waals surface area contributed by atoms with E-state index in [1.54, 1.807) is 0 Å². The Morgan fingerprint density at radius 3 is 3.17 bits per heavy atom. The standard InChI is InChI=1S/C8H12N2O2/c11-4-9-7-6-3-10-2-1-5(12-6)8(7)10/h4-8H,1-3H2,(H,9,11)/t5?,6-,7+,8-/m1/s1. The van der Waals surface area contributed by atoms with E-state index in [1.807, 2.05) is 0 Å². The van der Waals surface area contributed by atoms with Crippen LogP contribution in [0.15, 0.2) is 0 Å². The molecule has 0 aliphatic carbocycles. The lowest BCUT2D eigenvalue weighted by molar-refractivity contribution is -0.110. The average molecular weight is 168 g/mol. The van der Waals surface area contributed by atoms with E-state index in [2.05, 4.69) is 10.2 Å². The molecule has 0 aromatic heterocycles. The van der Waals surface area contributed by atoms with Gasteiger partial charge in [-0.2, -0.15) is 0 Å². The number of morpholine rings is 1. The zero-order valence-corrected chi connectivity index (χ0v) is 6.77. The fourth-order valence-corrected chi connectivity index (χ4v) is 2.87. The zero-order valence-electron chi connectivity index (χ0n) is 6.77. The van der Waals surface area contributed by atoms with E-state index in [1.165, 1.54) is 0 Å². The minimum absolute atomic E-state index is 0.257. The summed E-state index contributed by atoms with van der Waals surface area (Å²) in [6.45, 7) is 2.15. The minimum atomic E-state index is 0.257. The molecule has 3 fully saturated rings. The van der Waals surface area contributed by atoms with Gasteiger partial charge in [-0.25, -0.2) is 0 Å². The minimum Gasteiger partial charge on any atom is -0.370 e. The van der Waals surface area contributed by atoms with Crippen molar-refractivity contribution in [2.45, 2.75) is 30.7 Å². The molecule has 1 amide bonds. The van der Waals surface area contributed by atoms with E-state index in [4.69, 9.17) is 4.74 Å². The van der Waals surface area contributed by atoms with Crippen molar-refractivity contribution in [1.82, 2.24) is 10.2 Å². The second-order valence-electron chi connectivity index (χ2n) is 3.80. The highest BCUT2D eigenvalue weighted by Gasteiger charge is 2.56. The molecule has 4 atom stereocenters. The van der Waals surface area contributed by atoms with E-state index in [0.717, 1.165) is 25.9 Å². The van der Waals surface area contributed by atoms with Crippen LogP contribution in [0.5, 0.6) is 0 Å². The largest absolute Gasteiger partial charge is 0.370 e. The Balaban J connectivity index is 1.86. The number of rotatable bonds is 2. The first-order valence-corrected chi connectivity index (χ1v) is 4.49. The molecule has 0 spiro atoms. The van der Waals surface area contributed by atoms with Crippen LogP contribution in [0.2, 0.25) is 0 Å². The van der Waals surface area contributed by atoms with Gasteiger partial charge in [0.2, 0.25) is 6.41 Å². The zero-order chi connectivity index (χ0) is 8.13. The van der Waals surface area contributed by atoms with Crippen LogP contribution in [0.25, 0.3) is 0 Å². The lowest BCUT2D eigenvalue weighted by Crippen LogP contribution is -2.41. The fourth-order valence-electron chi connectivity index (χ4n) is 2.87. The summed E-state index contributed by atoms with van der Waals surface area (Å²) in [7, 11) is 0. The van der Waals surface area contributed by atoms with Gasteiger partial charge in [0, 0.05) is 13.1 Å². The van der Waals surface area contributed by atoms with Crippen LogP contribution in [-0.2, 0) is 9.53 Å². The summed E-state index contributed by atoms with van der Waals surface area (Å²) in [5.74, 6) is 0. The highest BCUT2D eigenvalue weighted by molar-refractivity contribution is 5.48. The number of nitrogens with zero attached hydrogens (tertiary/aromatic N) is 1. The van der Waals surface area contributed by atoms with Crippen molar-refractivity contribution in [3.63, 3.8) is 0 Å². The summed E-state index contributed by atoms with van der Waals surface area (Å²) >= 11 is 0. The maximum atomic E-state index is 10.3. The van der Waals surface area contributed by atoms with Gasteiger partial charge in [-0.1, -0.05) is 0 Å². The molecule has 0 aromatic carbocycles. The van der Waals surface area contributed by atoms with Gasteiger partial charge in [0.15, 0.2) is 0 Å². The van der Waals surface area contributed by atoms with Crippen molar-refractivity contribution < 1.29 is 9.53 Å². The molecule has 12 heavy (non-hydrogen) atoms. The molecule has 1 N–H and O–H groups in total. The lowest BCUT2D eigenvalue weighted by Gasteiger charge is -2.21. The van der Waals surface area contributed by atoms with Crippen molar-refractivity contribution in [2.24, 2.45) is 0 Å². The molecule has 0 saturated carbocycles. The maximum absolute atomic E-state index is 10.3. The molecule has 3 rings (SSSR count). The Bertz CT molecular complexity index is 207. The van der Waals surface area contributed by atoms with Crippen LogP contribution in [0, 0.1) is 0 Å². The molecular formula is C8H12N2O2. The first-order valence-electron chi connectivity index (χ1n) is 4.49. The molecule has 3 aliphatic heterocycles. The molecule has 4 nitrogen and oxygen atoms in total. The van der Waals surface area contributed by atoms with Gasteiger partial charge >= 0.3 is 0 Å². The summed E-state index contributed by atoms with van der Waals surface area (Å²) in [6, 6.07) is 0.732. The first kappa shape index (κ1) is 6.86. The molecule has 3 saturated heterocycles. The van der Waals surface area contributed by atoms with Crippen molar-refractivity contribution in [2.75, 3.05) is 13.1 Å². The van der Waals surface area contributed by atoms with Crippen LogP contribution in [-0.4, -0.2) is 48.7 Å². The van der Waals surface area contributed by atoms with Crippen LogP contribution < -0.4 is 5.32 Å². The summed E-state index contributed by atoms with van der Waals surface area (Å²) in [6.07, 6.45) is 2.58. The van der Waals surface area contributed by atoms with E-state index in [9.17, 15) is 4.79 Å². The number of carbonyl (C=O) groups is 1. The molecular weight excluding hydrogens is 156 g/mol. The Morgan fingerprint density at radius 1 is 1.50 bits per heavy atom. The maximum Gasteiger partial charge on any atom is 0.207 e. The Morgan fingerprint density at radius 2 is 2.42 bits per heavy atom. The SMILES string of the molecule is O=CN[C@@H]1[C@H]2C3CCN2C[C@H]1O3. The highest BCUT2D eigenvalue weighted by atomic mass is 16.5. The smallest absolute Gasteiger partial charge is 0.207 e. The number of fused-ring (bicyclic) bond motifs is 1. The Labute approximate surface area is 70.9 Å².